The van der Waals surface area contributed by atoms with Gasteiger partial charge in [0.1, 0.15) is 5.75 Å². The predicted octanol–water partition coefficient (Wildman–Crippen LogP) is 3.65. The number of halogens is 1. The molecule has 1 amide bonds. The van der Waals surface area contributed by atoms with Crippen molar-refractivity contribution in [1.29, 1.82) is 0 Å². The summed E-state index contributed by atoms with van der Waals surface area (Å²) in [5.41, 5.74) is 1.28. The van der Waals surface area contributed by atoms with E-state index in [0.29, 0.717) is 0 Å². The maximum absolute atomic E-state index is 12.1. The lowest BCUT2D eigenvalue weighted by Gasteiger charge is -2.15. The smallest absolute Gasteiger partial charge is 0.255 e. The zero-order valence-electron chi connectivity index (χ0n) is 10.4. The van der Waals surface area contributed by atoms with Crippen LogP contribution in [0.4, 0.5) is 0 Å². The number of rotatable bonds is 3. The van der Waals surface area contributed by atoms with Crippen LogP contribution in [0, 0.1) is 0 Å². The Hall–Kier alpha value is -1.81. The average molecular weight is 320 g/mol. The summed E-state index contributed by atoms with van der Waals surface area (Å²) >= 11 is 3.28. The van der Waals surface area contributed by atoms with E-state index in [1.54, 1.807) is 12.1 Å². The molecule has 1 atom stereocenters. The highest BCUT2D eigenvalue weighted by molar-refractivity contribution is 9.10. The standard InChI is InChI=1S/C15H14BrNO2/c1-10(11-5-3-2-4-6-11)17-15(19)13-9-12(16)7-8-14(13)18/h2-10,18H,1H3,(H,17,19)/t10-/m0/s1. The topological polar surface area (TPSA) is 49.3 Å². The van der Waals surface area contributed by atoms with Gasteiger partial charge in [0.15, 0.2) is 0 Å². The number of carbonyl (C=O) groups excluding carboxylic acids is 1. The molecule has 0 bridgehead atoms. The first-order chi connectivity index (χ1) is 9.08. The van der Waals surface area contributed by atoms with E-state index in [4.69, 9.17) is 0 Å². The van der Waals surface area contributed by atoms with Gasteiger partial charge in [-0.1, -0.05) is 46.3 Å². The van der Waals surface area contributed by atoms with Gasteiger partial charge >= 0.3 is 0 Å². The molecular weight excluding hydrogens is 306 g/mol. The van der Waals surface area contributed by atoms with Crippen LogP contribution < -0.4 is 5.32 Å². The van der Waals surface area contributed by atoms with Gasteiger partial charge in [0.2, 0.25) is 0 Å². The number of hydrogen-bond acceptors (Lipinski definition) is 2. The second-order valence-electron chi connectivity index (χ2n) is 4.27. The molecule has 4 heteroatoms. The van der Waals surface area contributed by atoms with Crippen LogP contribution in [0.25, 0.3) is 0 Å². The van der Waals surface area contributed by atoms with Crippen LogP contribution in [0.15, 0.2) is 53.0 Å². The Morgan fingerprint density at radius 3 is 2.58 bits per heavy atom. The van der Waals surface area contributed by atoms with Gasteiger partial charge in [-0.15, -0.1) is 0 Å². The summed E-state index contributed by atoms with van der Waals surface area (Å²) in [7, 11) is 0. The van der Waals surface area contributed by atoms with Crippen molar-refractivity contribution in [1.82, 2.24) is 5.32 Å². The summed E-state index contributed by atoms with van der Waals surface area (Å²) in [6, 6.07) is 14.3. The fourth-order valence-electron chi connectivity index (χ4n) is 1.79. The zero-order valence-corrected chi connectivity index (χ0v) is 12.0. The Labute approximate surface area is 120 Å². The fourth-order valence-corrected chi connectivity index (χ4v) is 2.15. The van der Waals surface area contributed by atoms with Crippen molar-refractivity contribution in [2.24, 2.45) is 0 Å². The molecule has 0 aliphatic carbocycles. The van der Waals surface area contributed by atoms with Crippen molar-refractivity contribution in [3.63, 3.8) is 0 Å². The van der Waals surface area contributed by atoms with Gasteiger partial charge in [0.25, 0.3) is 5.91 Å². The molecule has 2 rings (SSSR count). The molecule has 19 heavy (non-hydrogen) atoms. The first-order valence-electron chi connectivity index (χ1n) is 5.92. The second-order valence-corrected chi connectivity index (χ2v) is 5.18. The summed E-state index contributed by atoms with van der Waals surface area (Å²) in [6.07, 6.45) is 0. The maximum atomic E-state index is 12.1. The number of hydrogen-bond donors (Lipinski definition) is 2. The first-order valence-corrected chi connectivity index (χ1v) is 6.71. The largest absolute Gasteiger partial charge is 0.507 e. The lowest BCUT2D eigenvalue weighted by Crippen LogP contribution is -2.26. The predicted molar refractivity (Wildman–Crippen MR) is 78.1 cm³/mol. The second kappa shape index (κ2) is 5.89. The molecule has 0 saturated carbocycles. The Bertz CT molecular complexity index is 584. The molecule has 0 radical (unpaired) electrons. The maximum Gasteiger partial charge on any atom is 0.255 e. The summed E-state index contributed by atoms with van der Waals surface area (Å²) in [5, 5.41) is 12.6. The lowest BCUT2D eigenvalue weighted by atomic mass is 10.1. The molecule has 0 aliphatic rings. The summed E-state index contributed by atoms with van der Waals surface area (Å²) in [5.74, 6) is -0.323. The Balaban J connectivity index is 2.15. The van der Waals surface area contributed by atoms with Gasteiger partial charge in [-0.2, -0.15) is 0 Å². The monoisotopic (exact) mass is 319 g/mol. The third-order valence-corrected chi connectivity index (χ3v) is 3.34. The number of amides is 1. The van der Waals surface area contributed by atoms with E-state index < -0.39 is 0 Å². The van der Waals surface area contributed by atoms with E-state index in [0.717, 1.165) is 10.0 Å². The van der Waals surface area contributed by atoms with E-state index >= 15 is 0 Å². The van der Waals surface area contributed by atoms with Crippen LogP contribution in [-0.4, -0.2) is 11.0 Å². The highest BCUT2D eigenvalue weighted by Gasteiger charge is 2.14. The van der Waals surface area contributed by atoms with Crippen molar-refractivity contribution in [3.05, 3.63) is 64.1 Å². The molecule has 0 aromatic heterocycles. The summed E-state index contributed by atoms with van der Waals surface area (Å²) in [4.78, 5) is 12.1. The minimum Gasteiger partial charge on any atom is -0.507 e. The fraction of sp³-hybridized carbons (Fsp3) is 0.133. The molecule has 0 heterocycles. The molecule has 0 spiro atoms. The van der Waals surface area contributed by atoms with Crippen molar-refractivity contribution < 1.29 is 9.90 Å². The van der Waals surface area contributed by atoms with E-state index in [9.17, 15) is 9.90 Å². The molecule has 2 N–H and O–H groups in total. The zero-order chi connectivity index (χ0) is 13.8. The number of benzene rings is 2. The van der Waals surface area contributed by atoms with Crippen molar-refractivity contribution in [3.8, 4) is 5.75 Å². The number of phenolic OH excluding ortho intramolecular Hbond substituents is 1. The molecule has 0 unspecified atom stereocenters. The van der Waals surface area contributed by atoms with Gasteiger partial charge in [-0.25, -0.2) is 0 Å². The molecule has 3 nitrogen and oxygen atoms in total. The molecule has 0 fully saturated rings. The van der Waals surface area contributed by atoms with Gasteiger partial charge in [-0.05, 0) is 30.7 Å². The normalized spacial score (nSPS) is 11.9. The molecule has 0 aliphatic heterocycles. The van der Waals surface area contributed by atoms with Crippen molar-refractivity contribution in [2.45, 2.75) is 13.0 Å². The summed E-state index contributed by atoms with van der Waals surface area (Å²) in [6.45, 7) is 1.91. The molecule has 2 aromatic carbocycles. The van der Waals surface area contributed by atoms with Gasteiger partial charge in [-0.3, -0.25) is 4.79 Å². The molecule has 0 saturated heterocycles. The van der Waals surface area contributed by atoms with Crippen LogP contribution in [0.3, 0.4) is 0 Å². The van der Waals surface area contributed by atoms with Gasteiger partial charge in [0.05, 0.1) is 11.6 Å². The molecule has 2 aromatic rings. The average Bonchev–Trinajstić information content (AvgIpc) is 2.42. The minimum atomic E-state index is -0.296. The number of carbonyl (C=O) groups is 1. The van der Waals surface area contributed by atoms with Crippen LogP contribution in [-0.2, 0) is 0 Å². The van der Waals surface area contributed by atoms with Crippen LogP contribution in [0.1, 0.15) is 28.9 Å². The number of nitrogens with one attached hydrogen (secondary N) is 1. The number of phenols is 1. The Morgan fingerprint density at radius 2 is 1.89 bits per heavy atom. The Kier molecular flexibility index (Phi) is 4.22. The minimum absolute atomic E-state index is 0.0269. The van der Waals surface area contributed by atoms with Crippen LogP contribution >= 0.6 is 15.9 Å². The number of aromatic hydroxyl groups is 1. The molecular formula is C15H14BrNO2. The Morgan fingerprint density at radius 1 is 1.21 bits per heavy atom. The van der Waals surface area contributed by atoms with E-state index in [2.05, 4.69) is 21.2 Å². The quantitative estimate of drug-likeness (QED) is 0.907. The van der Waals surface area contributed by atoms with E-state index in [1.165, 1.54) is 6.07 Å². The van der Waals surface area contributed by atoms with E-state index in [-0.39, 0.29) is 23.3 Å². The van der Waals surface area contributed by atoms with Gasteiger partial charge < -0.3 is 10.4 Å². The molecule has 98 valence electrons. The highest BCUT2D eigenvalue weighted by Crippen LogP contribution is 2.22. The third kappa shape index (κ3) is 3.35. The van der Waals surface area contributed by atoms with Crippen molar-refractivity contribution in [2.75, 3.05) is 0 Å². The van der Waals surface area contributed by atoms with Gasteiger partial charge in [0, 0.05) is 4.47 Å². The van der Waals surface area contributed by atoms with Crippen LogP contribution in [0.2, 0.25) is 0 Å². The van der Waals surface area contributed by atoms with E-state index in [1.807, 2.05) is 37.3 Å². The lowest BCUT2D eigenvalue weighted by molar-refractivity contribution is 0.0937. The summed E-state index contributed by atoms with van der Waals surface area (Å²) < 4.78 is 0.753. The van der Waals surface area contributed by atoms with Crippen LogP contribution in [0.5, 0.6) is 5.75 Å². The van der Waals surface area contributed by atoms with Crippen molar-refractivity contribution >= 4 is 21.8 Å². The third-order valence-electron chi connectivity index (χ3n) is 2.85. The SMILES string of the molecule is C[C@H](NC(=O)c1cc(Br)ccc1O)c1ccccc1. The highest BCUT2D eigenvalue weighted by atomic mass is 79.9. The first kappa shape index (κ1) is 13.6.